The molecule has 0 fully saturated rings. The van der Waals surface area contributed by atoms with E-state index in [0.717, 1.165) is 5.56 Å². The van der Waals surface area contributed by atoms with Crippen LogP contribution in [0.1, 0.15) is 38.8 Å². The topological polar surface area (TPSA) is 94.2 Å². The van der Waals surface area contributed by atoms with E-state index in [1.807, 2.05) is 0 Å². The van der Waals surface area contributed by atoms with Crippen LogP contribution in [-0.4, -0.2) is 16.4 Å². The van der Waals surface area contributed by atoms with Crippen molar-refractivity contribution in [1.29, 1.82) is 0 Å². The number of amides is 2. The lowest BCUT2D eigenvalue weighted by Gasteiger charge is -2.16. The summed E-state index contributed by atoms with van der Waals surface area (Å²) in [6.45, 7) is 3.36. The number of rotatable bonds is 5. The molecule has 0 aliphatic rings. The van der Waals surface area contributed by atoms with Gasteiger partial charge in [0.1, 0.15) is 6.04 Å². The van der Waals surface area contributed by atoms with Crippen molar-refractivity contribution in [2.75, 3.05) is 5.32 Å². The number of benzene rings is 2. The third-order valence-electron chi connectivity index (χ3n) is 4.82. The number of halogens is 1. The maximum atomic E-state index is 12.7. The maximum absolute atomic E-state index is 12.7. The minimum atomic E-state index is -0.764. The lowest BCUT2D eigenvalue weighted by atomic mass is 10.00. The fourth-order valence-corrected chi connectivity index (χ4v) is 3.11. The zero-order valence-corrected chi connectivity index (χ0v) is 16.2. The molecule has 2 atom stereocenters. The lowest BCUT2D eigenvalue weighted by Crippen LogP contribution is -2.31. The van der Waals surface area contributed by atoms with Gasteiger partial charge in [0.05, 0.1) is 5.92 Å². The van der Waals surface area contributed by atoms with Crippen LogP contribution in [0.15, 0.2) is 59.5 Å². The molecular formula is C22H24ClN3O3. The van der Waals surface area contributed by atoms with Gasteiger partial charge in [0, 0.05) is 27.7 Å². The number of anilines is 1. The largest absolute Gasteiger partial charge is 0.368 e. The Hall–Kier alpha value is -3.12. The van der Waals surface area contributed by atoms with E-state index < -0.39 is 17.9 Å². The predicted molar refractivity (Wildman–Crippen MR) is 117 cm³/mol. The number of fused-ring (bicyclic) bond motifs is 1. The van der Waals surface area contributed by atoms with Crippen LogP contribution in [0.2, 0.25) is 5.02 Å². The molecule has 1 heterocycles. The molecule has 3 rings (SSSR count). The van der Waals surface area contributed by atoms with E-state index in [4.69, 9.17) is 17.3 Å². The van der Waals surface area contributed by atoms with Crippen molar-refractivity contribution in [2.45, 2.75) is 33.2 Å². The van der Waals surface area contributed by atoms with E-state index in [9.17, 15) is 14.4 Å². The molecule has 3 aromatic rings. The third-order valence-corrected chi connectivity index (χ3v) is 5.07. The van der Waals surface area contributed by atoms with Gasteiger partial charge in [0.15, 0.2) is 0 Å². The molecule has 0 aliphatic carbocycles. The molecule has 6 nitrogen and oxygen atoms in total. The Kier molecular flexibility index (Phi) is 6.82. The first kappa shape index (κ1) is 22.2. The highest BCUT2D eigenvalue weighted by Crippen LogP contribution is 2.24. The average Bonchev–Trinajstić information content (AvgIpc) is 2.68. The molecule has 0 bridgehead atoms. The number of nitrogens with two attached hydrogens (primary N) is 1. The summed E-state index contributed by atoms with van der Waals surface area (Å²) in [6.07, 6.45) is 1.51. The summed E-state index contributed by atoms with van der Waals surface area (Å²) in [5, 5.41) is 4.48. The average molecular weight is 414 g/mol. The molecule has 29 heavy (non-hydrogen) atoms. The lowest BCUT2D eigenvalue weighted by molar-refractivity contribution is -0.120. The van der Waals surface area contributed by atoms with Gasteiger partial charge in [-0.15, -0.1) is 0 Å². The highest BCUT2D eigenvalue weighted by molar-refractivity contribution is 6.30. The molecule has 0 saturated carbocycles. The fraction of sp³-hybridized carbons (Fsp3) is 0.227. The van der Waals surface area contributed by atoms with Crippen molar-refractivity contribution in [1.82, 2.24) is 4.57 Å². The molecule has 1 aromatic heterocycles. The number of hydrogen-bond donors (Lipinski definition) is 2. The van der Waals surface area contributed by atoms with E-state index in [1.165, 1.54) is 10.8 Å². The van der Waals surface area contributed by atoms with Crippen molar-refractivity contribution < 1.29 is 9.59 Å². The highest BCUT2D eigenvalue weighted by atomic mass is 35.5. The van der Waals surface area contributed by atoms with E-state index in [2.05, 4.69) is 5.32 Å². The van der Waals surface area contributed by atoms with Crippen LogP contribution in [0.5, 0.6) is 0 Å². The maximum Gasteiger partial charge on any atom is 0.259 e. The smallest absolute Gasteiger partial charge is 0.259 e. The van der Waals surface area contributed by atoms with E-state index >= 15 is 0 Å². The normalized spacial score (nSPS) is 12.7. The van der Waals surface area contributed by atoms with E-state index in [1.54, 1.807) is 62.4 Å². The first-order valence-corrected chi connectivity index (χ1v) is 9.17. The van der Waals surface area contributed by atoms with Crippen molar-refractivity contribution in [3.8, 4) is 0 Å². The summed E-state index contributed by atoms with van der Waals surface area (Å²) >= 11 is 5.90. The van der Waals surface area contributed by atoms with Gasteiger partial charge in [-0.05, 0) is 49.7 Å². The summed E-state index contributed by atoms with van der Waals surface area (Å²) in [4.78, 5) is 36.9. The number of carbonyl (C=O) groups excluding carboxylic acids is 2. The Morgan fingerprint density at radius 2 is 1.69 bits per heavy atom. The standard InChI is InChI=1S/C21H20ClN3O3.CH4/c1-12(14-6-8-15(22)9-7-14)20(27)24-18-5-3-4-17-16(18)10-11-25(21(17)28)13(2)19(23)26;/h3-13H,1-2H3,(H2,23,26)(H,24,27);1H4/t12?,13-;/m0./s1. The predicted octanol–water partition coefficient (Wildman–Crippen LogP) is 4.08. The Morgan fingerprint density at radius 3 is 2.31 bits per heavy atom. The van der Waals surface area contributed by atoms with Gasteiger partial charge in [-0.1, -0.05) is 37.2 Å². The van der Waals surface area contributed by atoms with Crippen molar-refractivity contribution in [2.24, 2.45) is 5.73 Å². The van der Waals surface area contributed by atoms with Gasteiger partial charge in [0.25, 0.3) is 5.56 Å². The van der Waals surface area contributed by atoms with Crippen LogP contribution in [0.3, 0.4) is 0 Å². The van der Waals surface area contributed by atoms with Crippen LogP contribution < -0.4 is 16.6 Å². The molecule has 3 N–H and O–H groups in total. The molecule has 0 saturated heterocycles. The minimum absolute atomic E-state index is 0. The molecule has 0 spiro atoms. The van der Waals surface area contributed by atoms with Gasteiger partial charge in [-0.2, -0.15) is 0 Å². The Morgan fingerprint density at radius 1 is 1.03 bits per heavy atom. The summed E-state index contributed by atoms with van der Waals surface area (Å²) in [5.41, 5.74) is 6.33. The van der Waals surface area contributed by atoms with Gasteiger partial charge in [-0.25, -0.2) is 0 Å². The second kappa shape index (κ2) is 8.92. The summed E-state index contributed by atoms with van der Waals surface area (Å²) < 4.78 is 1.28. The summed E-state index contributed by atoms with van der Waals surface area (Å²) in [5.74, 6) is -1.20. The number of hydrogen-bond acceptors (Lipinski definition) is 3. The third kappa shape index (κ3) is 4.49. The Balaban J connectivity index is 0.00000300. The van der Waals surface area contributed by atoms with Crippen LogP contribution >= 0.6 is 11.6 Å². The molecule has 1 unspecified atom stereocenters. The van der Waals surface area contributed by atoms with Crippen LogP contribution in [-0.2, 0) is 9.59 Å². The number of nitrogens with one attached hydrogen (secondary N) is 1. The molecule has 2 aromatic carbocycles. The Labute approximate surface area is 174 Å². The molecular weight excluding hydrogens is 390 g/mol. The second-order valence-electron chi connectivity index (χ2n) is 6.64. The number of pyridine rings is 1. The number of carbonyl (C=O) groups is 2. The molecule has 0 radical (unpaired) electrons. The second-order valence-corrected chi connectivity index (χ2v) is 7.07. The number of aromatic nitrogens is 1. The zero-order valence-electron chi connectivity index (χ0n) is 15.5. The van der Waals surface area contributed by atoms with E-state index in [0.29, 0.717) is 21.5 Å². The van der Waals surface area contributed by atoms with Crippen LogP contribution in [0, 0.1) is 0 Å². The van der Waals surface area contributed by atoms with Crippen molar-refractivity contribution >= 4 is 39.9 Å². The summed E-state index contributed by atoms with van der Waals surface area (Å²) in [7, 11) is 0. The minimum Gasteiger partial charge on any atom is -0.368 e. The Bertz CT molecular complexity index is 1110. The quantitative estimate of drug-likeness (QED) is 0.659. The monoisotopic (exact) mass is 413 g/mol. The van der Waals surface area contributed by atoms with Gasteiger partial charge in [-0.3, -0.25) is 14.4 Å². The fourth-order valence-electron chi connectivity index (χ4n) is 2.99. The number of nitrogens with zero attached hydrogens (tertiary/aromatic N) is 1. The molecule has 0 aliphatic heterocycles. The van der Waals surface area contributed by atoms with Crippen molar-refractivity contribution in [3.05, 3.63) is 75.7 Å². The molecule has 7 heteroatoms. The zero-order chi connectivity index (χ0) is 20.4. The first-order chi connectivity index (χ1) is 13.3. The SMILES string of the molecule is C.CC(C(=O)Nc1cccc2c(=O)n([C@@H](C)C(N)=O)ccc12)c1ccc(Cl)cc1. The van der Waals surface area contributed by atoms with Gasteiger partial charge in [0.2, 0.25) is 11.8 Å². The number of primary amides is 1. The van der Waals surface area contributed by atoms with Crippen molar-refractivity contribution in [3.63, 3.8) is 0 Å². The van der Waals surface area contributed by atoms with Crippen LogP contribution in [0.25, 0.3) is 10.8 Å². The first-order valence-electron chi connectivity index (χ1n) is 8.79. The van der Waals surface area contributed by atoms with E-state index in [-0.39, 0.29) is 18.9 Å². The van der Waals surface area contributed by atoms with Gasteiger partial charge >= 0.3 is 0 Å². The van der Waals surface area contributed by atoms with Crippen LogP contribution in [0.4, 0.5) is 5.69 Å². The molecule has 152 valence electrons. The van der Waals surface area contributed by atoms with Gasteiger partial charge < -0.3 is 15.6 Å². The summed E-state index contributed by atoms with van der Waals surface area (Å²) in [6, 6.07) is 13.1. The molecule has 2 amide bonds. The highest BCUT2D eigenvalue weighted by Gasteiger charge is 2.18.